The molecule has 0 saturated carbocycles. The Morgan fingerprint density at radius 3 is 2.50 bits per heavy atom. The Balaban J connectivity index is 1.95. The van der Waals surface area contributed by atoms with Crippen molar-refractivity contribution < 1.29 is 4.92 Å². The first-order valence-electron chi connectivity index (χ1n) is 7.50. The predicted octanol–water partition coefficient (Wildman–Crippen LogP) is 0.705. The lowest BCUT2D eigenvalue weighted by Gasteiger charge is -2.03. The van der Waals surface area contributed by atoms with E-state index in [0.717, 1.165) is 0 Å². The standard InChI is InChI=1S/C15H15N7O4/c1-8(9-4-6-10(7-5-9)22(25)26)18-19-14-16-12-11(20(14)2)13(23)17-15(24)21(12)3/h4-7H,1-3H3,(H,16,19)(H,17,23,24). The smallest absolute Gasteiger partial charge is 0.306 e. The van der Waals surface area contributed by atoms with E-state index < -0.39 is 16.2 Å². The maximum Gasteiger partial charge on any atom is 0.329 e. The SMILES string of the molecule is CC(=NNc1nc2c(c(=O)[nH]c(=O)n2C)n1C)c1ccc([N+](=O)[O-])cc1. The zero-order valence-corrected chi connectivity index (χ0v) is 14.2. The number of non-ortho nitro benzene ring substituents is 1. The molecule has 0 bridgehead atoms. The van der Waals surface area contributed by atoms with Crippen LogP contribution in [0.25, 0.3) is 11.2 Å². The average molecular weight is 357 g/mol. The lowest BCUT2D eigenvalue weighted by molar-refractivity contribution is -0.384. The van der Waals surface area contributed by atoms with Crippen LogP contribution in [0, 0.1) is 10.1 Å². The summed E-state index contributed by atoms with van der Waals surface area (Å²) in [6, 6.07) is 5.95. The number of imidazole rings is 1. The van der Waals surface area contributed by atoms with Crippen LogP contribution in [0.4, 0.5) is 11.6 Å². The largest absolute Gasteiger partial charge is 0.329 e. The summed E-state index contributed by atoms with van der Waals surface area (Å²) in [5.74, 6) is 0.271. The van der Waals surface area contributed by atoms with Crippen LogP contribution in [0.3, 0.4) is 0 Å². The minimum absolute atomic E-state index is 0.00926. The molecule has 0 radical (unpaired) electrons. The highest BCUT2D eigenvalue weighted by Crippen LogP contribution is 2.15. The molecule has 3 aromatic rings. The van der Waals surface area contributed by atoms with E-state index in [1.165, 1.54) is 28.3 Å². The summed E-state index contributed by atoms with van der Waals surface area (Å²) in [5, 5.41) is 14.9. The van der Waals surface area contributed by atoms with Gasteiger partial charge in [-0.15, -0.1) is 0 Å². The number of aryl methyl sites for hydroxylation is 2. The molecule has 0 aliphatic carbocycles. The highest BCUT2D eigenvalue weighted by atomic mass is 16.6. The van der Waals surface area contributed by atoms with Crippen LogP contribution in [0.5, 0.6) is 0 Å². The van der Waals surface area contributed by atoms with Crippen molar-refractivity contribution in [3.05, 3.63) is 60.8 Å². The van der Waals surface area contributed by atoms with E-state index >= 15 is 0 Å². The minimum Gasteiger partial charge on any atom is -0.306 e. The number of aromatic amines is 1. The van der Waals surface area contributed by atoms with Gasteiger partial charge in [0.15, 0.2) is 11.2 Å². The molecule has 134 valence electrons. The third kappa shape index (κ3) is 2.85. The molecule has 0 atom stereocenters. The van der Waals surface area contributed by atoms with Crippen molar-refractivity contribution in [2.45, 2.75) is 6.92 Å². The van der Waals surface area contributed by atoms with E-state index in [2.05, 4.69) is 20.5 Å². The second-order valence-electron chi connectivity index (χ2n) is 5.60. The molecule has 2 aromatic heterocycles. The van der Waals surface area contributed by atoms with Gasteiger partial charge in [-0.05, 0) is 24.6 Å². The molecule has 3 rings (SSSR count). The van der Waals surface area contributed by atoms with Crippen molar-refractivity contribution in [3.63, 3.8) is 0 Å². The minimum atomic E-state index is -0.558. The van der Waals surface area contributed by atoms with Crippen LogP contribution < -0.4 is 16.7 Å². The Labute approximate surface area is 145 Å². The van der Waals surface area contributed by atoms with Crippen LogP contribution in [-0.2, 0) is 14.1 Å². The Morgan fingerprint density at radius 1 is 1.23 bits per heavy atom. The van der Waals surface area contributed by atoms with Crippen molar-refractivity contribution in [1.29, 1.82) is 0 Å². The fourth-order valence-corrected chi connectivity index (χ4v) is 2.43. The van der Waals surface area contributed by atoms with Gasteiger partial charge in [0.2, 0.25) is 5.95 Å². The Morgan fingerprint density at radius 2 is 1.88 bits per heavy atom. The maximum atomic E-state index is 12.0. The molecular formula is C15H15N7O4. The summed E-state index contributed by atoms with van der Waals surface area (Å²) >= 11 is 0. The summed E-state index contributed by atoms with van der Waals surface area (Å²) in [6.45, 7) is 1.72. The van der Waals surface area contributed by atoms with Crippen LogP contribution in [0.2, 0.25) is 0 Å². The number of nitro groups is 1. The quantitative estimate of drug-likeness (QED) is 0.400. The normalized spacial score (nSPS) is 11.7. The Bertz CT molecular complexity index is 1150. The van der Waals surface area contributed by atoms with E-state index in [4.69, 9.17) is 0 Å². The third-order valence-electron chi connectivity index (χ3n) is 3.95. The molecule has 0 saturated heterocycles. The highest BCUT2D eigenvalue weighted by molar-refractivity contribution is 5.99. The predicted molar refractivity (Wildman–Crippen MR) is 95.5 cm³/mol. The van der Waals surface area contributed by atoms with Gasteiger partial charge in [-0.25, -0.2) is 10.2 Å². The monoisotopic (exact) mass is 357 g/mol. The summed E-state index contributed by atoms with van der Waals surface area (Å²) in [7, 11) is 3.12. The number of fused-ring (bicyclic) bond motifs is 1. The molecule has 1 aromatic carbocycles. The lowest BCUT2D eigenvalue weighted by Crippen LogP contribution is -2.29. The second-order valence-corrected chi connectivity index (χ2v) is 5.60. The van der Waals surface area contributed by atoms with Gasteiger partial charge in [0.1, 0.15) is 0 Å². The number of anilines is 1. The molecule has 0 aliphatic heterocycles. The number of hydrazone groups is 1. The number of nitrogens with one attached hydrogen (secondary N) is 2. The summed E-state index contributed by atoms with van der Waals surface area (Å²) in [4.78, 5) is 40.3. The first-order chi connectivity index (χ1) is 12.3. The van der Waals surface area contributed by atoms with E-state index in [9.17, 15) is 19.7 Å². The number of nitrogens with zero attached hydrogens (tertiary/aromatic N) is 5. The average Bonchev–Trinajstić information content (AvgIpc) is 2.95. The van der Waals surface area contributed by atoms with E-state index in [1.54, 1.807) is 26.1 Å². The Kier molecular flexibility index (Phi) is 4.12. The fraction of sp³-hybridized carbons (Fsp3) is 0.200. The van der Waals surface area contributed by atoms with Crippen molar-refractivity contribution >= 4 is 28.5 Å². The van der Waals surface area contributed by atoms with Crippen LogP contribution in [0.1, 0.15) is 12.5 Å². The van der Waals surface area contributed by atoms with Crippen molar-refractivity contribution in [2.24, 2.45) is 19.2 Å². The van der Waals surface area contributed by atoms with Crippen LogP contribution >= 0.6 is 0 Å². The number of hydrogen-bond acceptors (Lipinski definition) is 7. The van der Waals surface area contributed by atoms with Crippen LogP contribution in [0.15, 0.2) is 39.0 Å². The molecule has 11 heteroatoms. The summed E-state index contributed by atoms with van der Waals surface area (Å²) in [6.07, 6.45) is 0. The van der Waals surface area contributed by atoms with Crippen LogP contribution in [-0.4, -0.2) is 29.7 Å². The summed E-state index contributed by atoms with van der Waals surface area (Å²) in [5.41, 5.74) is 3.36. The number of H-pyrrole nitrogens is 1. The van der Waals surface area contributed by atoms with Gasteiger partial charge in [-0.1, -0.05) is 0 Å². The molecule has 0 amide bonds. The molecule has 26 heavy (non-hydrogen) atoms. The zero-order valence-electron chi connectivity index (χ0n) is 14.2. The zero-order chi connectivity index (χ0) is 19.0. The number of aromatic nitrogens is 4. The van der Waals surface area contributed by atoms with Gasteiger partial charge in [0, 0.05) is 26.2 Å². The van der Waals surface area contributed by atoms with E-state index in [0.29, 0.717) is 11.3 Å². The molecule has 11 nitrogen and oxygen atoms in total. The molecular weight excluding hydrogens is 342 g/mol. The van der Waals surface area contributed by atoms with Crippen molar-refractivity contribution in [3.8, 4) is 0 Å². The maximum absolute atomic E-state index is 12.0. The Hall–Kier alpha value is -3.76. The molecule has 0 unspecified atom stereocenters. The van der Waals surface area contributed by atoms with Gasteiger partial charge in [0.25, 0.3) is 11.2 Å². The number of benzene rings is 1. The molecule has 2 N–H and O–H groups in total. The molecule has 2 heterocycles. The molecule has 0 aliphatic rings. The van der Waals surface area contributed by atoms with Gasteiger partial charge in [0.05, 0.1) is 10.6 Å². The fourth-order valence-electron chi connectivity index (χ4n) is 2.43. The highest BCUT2D eigenvalue weighted by Gasteiger charge is 2.14. The van der Waals surface area contributed by atoms with Gasteiger partial charge >= 0.3 is 5.69 Å². The van der Waals surface area contributed by atoms with Crippen molar-refractivity contribution in [2.75, 3.05) is 5.43 Å². The van der Waals surface area contributed by atoms with Gasteiger partial charge < -0.3 is 4.57 Å². The van der Waals surface area contributed by atoms with Crippen molar-refractivity contribution in [1.82, 2.24) is 19.1 Å². The first-order valence-corrected chi connectivity index (χ1v) is 7.50. The second kappa shape index (κ2) is 6.27. The molecule has 0 spiro atoms. The van der Waals surface area contributed by atoms with E-state index in [1.807, 2.05) is 0 Å². The van der Waals surface area contributed by atoms with Gasteiger partial charge in [-0.2, -0.15) is 10.1 Å². The third-order valence-corrected chi connectivity index (χ3v) is 3.95. The topological polar surface area (TPSA) is 140 Å². The first kappa shape index (κ1) is 17.1. The number of nitro benzene ring substituents is 1. The lowest BCUT2D eigenvalue weighted by atomic mass is 10.1. The summed E-state index contributed by atoms with van der Waals surface area (Å²) < 4.78 is 2.72. The number of rotatable bonds is 4. The number of hydrogen-bond donors (Lipinski definition) is 2. The van der Waals surface area contributed by atoms with E-state index in [-0.39, 0.29) is 22.8 Å². The molecule has 0 fully saturated rings. The van der Waals surface area contributed by atoms with Gasteiger partial charge in [-0.3, -0.25) is 24.5 Å².